The Kier molecular flexibility index (Phi) is 5.26. The number of likely N-dealkylation sites (tertiary alicyclic amines) is 1. The molecule has 2 aliphatic rings. The van der Waals surface area contributed by atoms with Gasteiger partial charge in [0, 0.05) is 50.4 Å². The predicted octanol–water partition coefficient (Wildman–Crippen LogP) is 2.22. The molecule has 2 aliphatic heterocycles. The second kappa shape index (κ2) is 8.00. The van der Waals surface area contributed by atoms with Crippen molar-refractivity contribution in [3.8, 4) is 0 Å². The Balaban J connectivity index is 1.34. The minimum atomic E-state index is -0.408. The molecule has 0 aromatic heterocycles. The summed E-state index contributed by atoms with van der Waals surface area (Å²) in [6, 6.07) is 16.0. The number of hydrogen-bond donors (Lipinski definition) is 0. The molecule has 2 saturated heterocycles. The van der Waals surface area contributed by atoms with E-state index in [-0.39, 0.29) is 29.8 Å². The third kappa shape index (κ3) is 3.97. The van der Waals surface area contributed by atoms with E-state index in [2.05, 4.69) is 9.80 Å². The Labute approximate surface area is 168 Å². The van der Waals surface area contributed by atoms with Gasteiger partial charge in [0.25, 0.3) is 5.69 Å². The molecule has 29 heavy (non-hydrogen) atoms. The molecule has 2 aromatic carbocycles. The van der Waals surface area contributed by atoms with Crippen LogP contribution >= 0.6 is 0 Å². The van der Waals surface area contributed by atoms with Crippen LogP contribution in [0.25, 0.3) is 0 Å². The monoisotopic (exact) mass is 394 g/mol. The van der Waals surface area contributed by atoms with Gasteiger partial charge in [-0.15, -0.1) is 0 Å². The molecule has 0 aliphatic carbocycles. The zero-order valence-electron chi connectivity index (χ0n) is 15.9. The van der Waals surface area contributed by atoms with E-state index >= 15 is 0 Å². The predicted molar refractivity (Wildman–Crippen MR) is 107 cm³/mol. The molecule has 2 amide bonds. The molecular weight excluding hydrogens is 372 g/mol. The molecule has 2 fully saturated rings. The summed E-state index contributed by atoms with van der Waals surface area (Å²) in [4.78, 5) is 41.2. The van der Waals surface area contributed by atoms with Crippen molar-refractivity contribution in [1.29, 1.82) is 0 Å². The average Bonchev–Trinajstić information content (AvgIpc) is 3.03. The number of carbonyl (C=O) groups is 2. The van der Waals surface area contributed by atoms with Gasteiger partial charge in [0.2, 0.25) is 11.8 Å². The van der Waals surface area contributed by atoms with Crippen LogP contribution in [0.4, 0.5) is 11.4 Å². The first-order chi connectivity index (χ1) is 14.0. The van der Waals surface area contributed by atoms with Crippen LogP contribution in [0.1, 0.15) is 17.9 Å². The lowest BCUT2D eigenvalue weighted by atomic mass is 9.98. The summed E-state index contributed by atoms with van der Waals surface area (Å²) in [5.74, 6) is -0.634. The lowest BCUT2D eigenvalue weighted by molar-refractivity contribution is -0.384. The quantitative estimate of drug-likeness (QED) is 0.439. The summed E-state index contributed by atoms with van der Waals surface area (Å²) in [6.07, 6.45) is 0.228. The number of hydrogen-bond acceptors (Lipinski definition) is 6. The van der Waals surface area contributed by atoms with E-state index in [1.54, 1.807) is 12.1 Å². The zero-order chi connectivity index (χ0) is 20.4. The highest BCUT2D eigenvalue weighted by Crippen LogP contribution is 2.30. The molecule has 4 rings (SSSR count). The highest BCUT2D eigenvalue weighted by atomic mass is 16.6. The third-order valence-electron chi connectivity index (χ3n) is 5.59. The number of rotatable bonds is 5. The van der Waals surface area contributed by atoms with E-state index in [0.29, 0.717) is 19.8 Å². The molecule has 150 valence electrons. The van der Waals surface area contributed by atoms with Crippen molar-refractivity contribution in [3.05, 3.63) is 70.3 Å². The fraction of sp³-hybridized carbons (Fsp3) is 0.333. The van der Waals surface area contributed by atoms with Gasteiger partial charge in [0.15, 0.2) is 0 Å². The summed E-state index contributed by atoms with van der Waals surface area (Å²) < 4.78 is 0. The number of anilines is 1. The minimum Gasteiger partial charge on any atom is -0.369 e. The number of imide groups is 1. The van der Waals surface area contributed by atoms with Gasteiger partial charge in [-0.3, -0.25) is 29.5 Å². The second-order valence-corrected chi connectivity index (χ2v) is 7.35. The molecule has 0 bridgehead atoms. The summed E-state index contributed by atoms with van der Waals surface area (Å²) >= 11 is 0. The summed E-state index contributed by atoms with van der Waals surface area (Å²) in [5.41, 5.74) is 1.90. The van der Waals surface area contributed by atoms with Crippen molar-refractivity contribution in [2.75, 3.05) is 37.7 Å². The smallest absolute Gasteiger partial charge is 0.269 e. The fourth-order valence-corrected chi connectivity index (χ4v) is 3.91. The Bertz CT molecular complexity index is 908. The maximum absolute atomic E-state index is 12.8. The summed E-state index contributed by atoms with van der Waals surface area (Å²) in [6.45, 7) is 3.20. The van der Waals surface area contributed by atoms with Crippen LogP contribution in [0.15, 0.2) is 54.6 Å². The van der Waals surface area contributed by atoms with E-state index < -0.39 is 4.92 Å². The second-order valence-electron chi connectivity index (χ2n) is 7.35. The molecule has 2 heterocycles. The van der Waals surface area contributed by atoms with Crippen molar-refractivity contribution in [2.45, 2.75) is 12.3 Å². The Morgan fingerprint density at radius 2 is 1.59 bits per heavy atom. The first-order valence-corrected chi connectivity index (χ1v) is 9.64. The zero-order valence-corrected chi connectivity index (χ0v) is 15.9. The van der Waals surface area contributed by atoms with Crippen LogP contribution in [-0.2, 0) is 9.59 Å². The molecule has 0 unspecified atom stereocenters. The number of amides is 2. The van der Waals surface area contributed by atoms with Gasteiger partial charge in [0.1, 0.15) is 0 Å². The third-order valence-corrected chi connectivity index (χ3v) is 5.59. The first-order valence-electron chi connectivity index (χ1n) is 9.64. The van der Waals surface area contributed by atoms with E-state index in [0.717, 1.165) is 24.3 Å². The fourth-order valence-electron chi connectivity index (χ4n) is 3.91. The van der Waals surface area contributed by atoms with Crippen LogP contribution in [0.2, 0.25) is 0 Å². The van der Waals surface area contributed by atoms with Crippen LogP contribution in [0, 0.1) is 10.1 Å². The number of benzene rings is 2. The highest BCUT2D eigenvalue weighted by Gasteiger charge is 2.40. The van der Waals surface area contributed by atoms with Gasteiger partial charge < -0.3 is 4.90 Å². The maximum Gasteiger partial charge on any atom is 0.269 e. The number of nitro benzene ring substituents is 1. The van der Waals surface area contributed by atoms with Crippen molar-refractivity contribution >= 4 is 23.2 Å². The van der Waals surface area contributed by atoms with Gasteiger partial charge in [-0.2, -0.15) is 0 Å². The highest BCUT2D eigenvalue weighted by molar-refractivity contribution is 6.06. The lowest BCUT2D eigenvalue weighted by Crippen LogP contribution is -2.51. The number of carbonyl (C=O) groups excluding carboxylic acids is 2. The summed E-state index contributed by atoms with van der Waals surface area (Å²) in [7, 11) is 0. The Morgan fingerprint density at radius 3 is 2.21 bits per heavy atom. The first kappa shape index (κ1) is 19.1. The Morgan fingerprint density at radius 1 is 0.931 bits per heavy atom. The molecule has 8 nitrogen and oxygen atoms in total. The van der Waals surface area contributed by atoms with Crippen molar-refractivity contribution in [1.82, 2.24) is 9.80 Å². The van der Waals surface area contributed by atoms with Gasteiger partial charge >= 0.3 is 0 Å². The lowest BCUT2D eigenvalue weighted by Gasteiger charge is -2.37. The van der Waals surface area contributed by atoms with E-state index in [1.165, 1.54) is 17.0 Å². The van der Waals surface area contributed by atoms with E-state index in [9.17, 15) is 19.7 Å². The Hall–Kier alpha value is -3.26. The topological polar surface area (TPSA) is 87.0 Å². The molecular formula is C21H22N4O4. The van der Waals surface area contributed by atoms with Crippen molar-refractivity contribution in [2.24, 2.45) is 0 Å². The molecule has 1 atom stereocenters. The standard InChI is InChI=1S/C21H22N4O4/c26-20-14-19(16-4-2-1-3-5-16)21(27)24(20)15-22-10-12-23(13-11-22)17-6-8-18(9-7-17)25(28)29/h1-9,19H,10-15H2/t19-/m1/s1. The molecule has 2 aromatic rings. The normalized spacial score (nSPS) is 20.3. The molecule has 0 spiro atoms. The number of nitro groups is 1. The van der Waals surface area contributed by atoms with Crippen LogP contribution in [-0.4, -0.2) is 59.4 Å². The van der Waals surface area contributed by atoms with Gasteiger partial charge in [-0.25, -0.2) is 0 Å². The molecule has 0 radical (unpaired) electrons. The summed E-state index contributed by atoms with van der Waals surface area (Å²) in [5, 5.41) is 10.8. The number of non-ortho nitro benzene ring substituents is 1. The van der Waals surface area contributed by atoms with Crippen LogP contribution in [0.3, 0.4) is 0 Å². The number of nitrogens with zero attached hydrogens (tertiary/aromatic N) is 4. The van der Waals surface area contributed by atoms with Crippen molar-refractivity contribution in [3.63, 3.8) is 0 Å². The molecule has 8 heteroatoms. The van der Waals surface area contributed by atoms with Gasteiger partial charge in [0.05, 0.1) is 17.5 Å². The van der Waals surface area contributed by atoms with Gasteiger partial charge in [-0.05, 0) is 17.7 Å². The maximum atomic E-state index is 12.8. The molecule has 0 N–H and O–H groups in total. The number of piperazine rings is 1. The largest absolute Gasteiger partial charge is 0.369 e. The molecule has 0 saturated carbocycles. The van der Waals surface area contributed by atoms with Gasteiger partial charge in [-0.1, -0.05) is 30.3 Å². The van der Waals surface area contributed by atoms with E-state index in [1.807, 2.05) is 30.3 Å². The minimum absolute atomic E-state index is 0.0754. The van der Waals surface area contributed by atoms with E-state index in [4.69, 9.17) is 0 Å². The van der Waals surface area contributed by atoms with Crippen molar-refractivity contribution < 1.29 is 14.5 Å². The average molecular weight is 394 g/mol. The van der Waals surface area contributed by atoms with Crippen LogP contribution in [0.5, 0.6) is 0 Å². The SMILES string of the molecule is O=C1C[C@H](c2ccccc2)C(=O)N1CN1CCN(c2ccc([N+](=O)[O-])cc2)CC1. The van der Waals surface area contributed by atoms with Crippen LogP contribution < -0.4 is 4.90 Å².